The van der Waals surface area contributed by atoms with Crippen LogP contribution < -0.4 is 0 Å². The molecule has 1 aromatic carbocycles. The zero-order valence-electron chi connectivity index (χ0n) is 10.1. The lowest BCUT2D eigenvalue weighted by atomic mass is 10.1. The van der Waals surface area contributed by atoms with Crippen LogP contribution in [0.2, 0.25) is 10.0 Å². The summed E-state index contributed by atoms with van der Waals surface area (Å²) < 4.78 is 1.91. The Morgan fingerprint density at radius 2 is 2.10 bits per heavy atom. The quantitative estimate of drug-likeness (QED) is 0.511. The summed E-state index contributed by atoms with van der Waals surface area (Å²) in [4.78, 5) is 15.6. The van der Waals surface area contributed by atoms with Gasteiger partial charge in [0.15, 0.2) is 4.96 Å². The number of aryl methyl sites for hydroxylation is 1. The van der Waals surface area contributed by atoms with Crippen molar-refractivity contribution in [3.8, 4) is 11.3 Å². The van der Waals surface area contributed by atoms with E-state index in [-0.39, 0.29) is 10.7 Å². The molecule has 0 N–H and O–H groups in total. The van der Waals surface area contributed by atoms with Gasteiger partial charge in [-0.15, -0.1) is 11.3 Å². The fraction of sp³-hybridized carbons (Fsp3) is 0.0833. The molecule has 3 rings (SSSR count). The van der Waals surface area contributed by atoms with Gasteiger partial charge in [0, 0.05) is 28.9 Å². The van der Waals surface area contributed by atoms with Crippen molar-refractivity contribution in [3.63, 3.8) is 0 Å². The second kappa shape index (κ2) is 4.73. The normalized spacial score (nSPS) is 11.2. The summed E-state index contributed by atoms with van der Waals surface area (Å²) in [5.74, 6) is 0. The fourth-order valence-corrected chi connectivity index (χ4v) is 3.30. The van der Waals surface area contributed by atoms with Crippen LogP contribution in [0.3, 0.4) is 0 Å². The van der Waals surface area contributed by atoms with Crippen LogP contribution >= 0.6 is 34.5 Å². The maximum absolute atomic E-state index is 10.9. The van der Waals surface area contributed by atoms with Gasteiger partial charge in [0.25, 0.3) is 5.69 Å². The van der Waals surface area contributed by atoms with E-state index in [1.165, 1.54) is 23.5 Å². The number of aromatic nitrogens is 2. The minimum Gasteiger partial charge on any atom is -0.294 e. The molecule has 2 heterocycles. The van der Waals surface area contributed by atoms with Crippen molar-refractivity contribution in [3.05, 3.63) is 49.6 Å². The molecule has 0 aliphatic heterocycles. The molecule has 102 valence electrons. The van der Waals surface area contributed by atoms with E-state index in [9.17, 15) is 10.1 Å². The van der Waals surface area contributed by atoms with Crippen molar-refractivity contribution in [1.82, 2.24) is 9.38 Å². The number of thiazole rings is 1. The Morgan fingerprint density at radius 3 is 2.75 bits per heavy atom. The standard InChI is InChI=1S/C12H7Cl2N3O2S/c1-6-5-20-12-15-10(4-16(6)12)7-2-11(17(18)19)9(14)3-8(7)13/h2-5H,1H3. The number of nitro benzene ring substituents is 1. The van der Waals surface area contributed by atoms with Crippen LogP contribution in [0.15, 0.2) is 23.7 Å². The third-order valence-corrected chi connectivity index (χ3v) is 4.47. The van der Waals surface area contributed by atoms with Crippen molar-refractivity contribution in [2.45, 2.75) is 6.92 Å². The van der Waals surface area contributed by atoms with E-state index in [1.54, 1.807) is 6.20 Å². The topological polar surface area (TPSA) is 60.4 Å². The van der Waals surface area contributed by atoms with Gasteiger partial charge >= 0.3 is 0 Å². The summed E-state index contributed by atoms with van der Waals surface area (Å²) in [5, 5.41) is 13.3. The van der Waals surface area contributed by atoms with E-state index in [2.05, 4.69) is 4.98 Å². The minimum atomic E-state index is -0.536. The van der Waals surface area contributed by atoms with E-state index in [1.807, 2.05) is 16.7 Å². The first-order chi connectivity index (χ1) is 9.47. The molecule has 3 aromatic rings. The van der Waals surface area contributed by atoms with Gasteiger partial charge in [0.05, 0.1) is 15.6 Å². The van der Waals surface area contributed by atoms with Gasteiger partial charge in [0.1, 0.15) is 5.02 Å². The molecule has 20 heavy (non-hydrogen) atoms. The second-order valence-electron chi connectivity index (χ2n) is 4.20. The minimum absolute atomic E-state index is 0.0148. The number of nitro groups is 1. The average Bonchev–Trinajstić information content (AvgIpc) is 2.92. The zero-order chi connectivity index (χ0) is 14.4. The summed E-state index contributed by atoms with van der Waals surface area (Å²) in [7, 11) is 0. The number of hydrogen-bond acceptors (Lipinski definition) is 4. The van der Waals surface area contributed by atoms with E-state index in [0.717, 1.165) is 10.7 Å². The van der Waals surface area contributed by atoms with Crippen LogP contribution in [0, 0.1) is 17.0 Å². The molecule has 0 unspecified atom stereocenters. The molecule has 0 saturated heterocycles. The number of imidazole rings is 1. The lowest BCUT2D eigenvalue weighted by Gasteiger charge is -2.02. The summed E-state index contributed by atoms with van der Waals surface area (Å²) in [6.07, 6.45) is 1.81. The summed E-state index contributed by atoms with van der Waals surface area (Å²) in [6, 6.07) is 2.73. The van der Waals surface area contributed by atoms with Crippen LogP contribution in [0.4, 0.5) is 5.69 Å². The molecule has 0 saturated carbocycles. The van der Waals surface area contributed by atoms with Gasteiger partial charge < -0.3 is 0 Å². The maximum atomic E-state index is 10.9. The van der Waals surface area contributed by atoms with Crippen molar-refractivity contribution in [2.24, 2.45) is 0 Å². The average molecular weight is 328 g/mol. The smallest absolute Gasteiger partial charge is 0.288 e. The zero-order valence-corrected chi connectivity index (χ0v) is 12.5. The molecule has 0 radical (unpaired) electrons. The molecule has 8 heteroatoms. The number of benzene rings is 1. The van der Waals surface area contributed by atoms with E-state index in [4.69, 9.17) is 23.2 Å². The summed E-state index contributed by atoms with van der Waals surface area (Å²) >= 11 is 13.4. The van der Waals surface area contributed by atoms with Gasteiger partial charge in [-0.25, -0.2) is 4.98 Å². The third kappa shape index (κ3) is 2.06. The van der Waals surface area contributed by atoms with Crippen LogP contribution in [-0.2, 0) is 0 Å². The highest BCUT2D eigenvalue weighted by Gasteiger charge is 2.19. The highest BCUT2D eigenvalue weighted by molar-refractivity contribution is 7.15. The third-order valence-electron chi connectivity index (χ3n) is 2.90. The molecule has 0 fully saturated rings. The molecule has 5 nitrogen and oxygen atoms in total. The highest BCUT2D eigenvalue weighted by Crippen LogP contribution is 2.36. The first kappa shape index (κ1) is 13.4. The van der Waals surface area contributed by atoms with Gasteiger partial charge in [0.2, 0.25) is 0 Å². The predicted molar refractivity (Wildman–Crippen MR) is 79.9 cm³/mol. The molecular formula is C12H7Cl2N3O2S. The molecule has 0 amide bonds. The Bertz CT molecular complexity index is 841. The monoisotopic (exact) mass is 327 g/mol. The highest BCUT2D eigenvalue weighted by atomic mass is 35.5. The van der Waals surface area contributed by atoms with E-state index < -0.39 is 4.92 Å². The lowest BCUT2D eigenvalue weighted by Crippen LogP contribution is -1.91. The number of hydrogen-bond donors (Lipinski definition) is 0. The fourth-order valence-electron chi connectivity index (χ4n) is 1.90. The van der Waals surface area contributed by atoms with Crippen LogP contribution in [0.25, 0.3) is 16.2 Å². The van der Waals surface area contributed by atoms with E-state index in [0.29, 0.717) is 16.3 Å². The Morgan fingerprint density at radius 1 is 1.35 bits per heavy atom. The molecule has 0 atom stereocenters. The number of halogens is 2. The summed E-state index contributed by atoms with van der Waals surface area (Å²) in [5.41, 5.74) is 1.95. The summed E-state index contributed by atoms with van der Waals surface area (Å²) in [6.45, 7) is 1.96. The van der Waals surface area contributed by atoms with Crippen LogP contribution in [-0.4, -0.2) is 14.3 Å². The largest absolute Gasteiger partial charge is 0.294 e. The van der Waals surface area contributed by atoms with Crippen molar-refractivity contribution in [1.29, 1.82) is 0 Å². The van der Waals surface area contributed by atoms with Crippen molar-refractivity contribution < 1.29 is 4.92 Å². The second-order valence-corrected chi connectivity index (χ2v) is 5.85. The lowest BCUT2D eigenvalue weighted by molar-refractivity contribution is -0.384. The van der Waals surface area contributed by atoms with Crippen LogP contribution in [0.5, 0.6) is 0 Å². The van der Waals surface area contributed by atoms with Crippen LogP contribution in [0.1, 0.15) is 5.69 Å². The molecule has 0 bridgehead atoms. The molecular weight excluding hydrogens is 321 g/mol. The number of nitrogens with zero attached hydrogens (tertiary/aromatic N) is 3. The van der Waals surface area contributed by atoms with Crippen molar-refractivity contribution >= 4 is 45.2 Å². The Labute approximate surface area is 127 Å². The molecule has 0 spiro atoms. The number of fused-ring (bicyclic) bond motifs is 1. The Kier molecular flexibility index (Phi) is 3.16. The SMILES string of the molecule is Cc1csc2nc(-c3cc([N+](=O)[O-])c(Cl)cc3Cl)cn12. The van der Waals surface area contributed by atoms with Gasteiger partial charge in [-0.05, 0) is 13.0 Å². The number of rotatable bonds is 2. The first-order valence-corrected chi connectivity index (χ1v) is 7.18. The molecule has 0 aliphatic carbocycles. The Balaban J connectivity index is 2.22. The van der Waals surface area contributed by atoms with E-state index >= 15 is 0 Å². The Hall–Kier alpha value is -1.63. The maximum Gasteiger partial charge on any atom is 0.288 e. The van der Waals surface area contributed by atoms with Gasteiger partial charge in [-0.1, -0.05) is 23.2 Å². The molecule has 0 aliphatic rings. The first-order valence-electron chi connectivity index (χ1n) is 5.54. The van der Waals surface area contributed by atoms with Crippen molar-refractivity contribution in [2.75, 3.05) is 0 Å². The van der Waals surface area contributed by atoms with Gasteiger partial charge in [-0.3, -0.25) is 14.5 Å². The van der Waals surface area contributed by atoms with Gasteiger partial charge in [-0.2, -0.15) is 0 Å². The molecule has 2 aromatic heterocycles. The predicted octanol–water partition coefficient (Wildman–Crippen LogP) is 4.59.